The number of hydrogen-bond acceptors (Lipinski definition) is 2. The third kappa shape index (κ3) is 2.35. The van der Waals surface area contributed by atoms with Gasteiger partial charge in [0.2, 0.25) is 0 Å². The van der Waals surface area contributed by atoms with Crippen molar-refractivity contribution in [1.29, 1.82) is 0 Å². The molecule has 0 bridgehead atoms. The number of halogens is 2. The van der Waals surface area contributed by atoms with Gasteiger partial charge in [-0.1, -0.05) is 23.2 Å². The maximum absolute atomic E-state index is 11.6. The minimum atomic E-state index is -0.346. The van der Waals surface area contributed by atoms with E-state index in [9.17, 15) is 4.79 Å². The van der Waals surface area contributed by atoms with Crippen LogP contribution < -0.4 is 5.32 Å². The summed E-state index contributed by atoms with van der Waals surface area (Å²) in [6, 6.07) is 4.50. The second-order valence-corrected chi connectivity index (χ2v) is 3.87. The van der Waals surface area contributed by atoms with Crippen LogP contribution in [-0.2, 0) is 0 Å². The van der Waals surface area contributed by atoms with E-state index >= 15 is 0 Å². The van der Waals surface area contributed by atoms with Crippen molar-refractivity contribution in [2.45, 2.75) is 0 Å². The Morgan fingerprint density at radius 1 is 1.38 bits per heavy atom. The molecule has 6 heteroatoms. The van der Waals surface area contributed by atoms with Crippen LogP contribution in [0.15, 0.2) is 36.9 Å². The SMILES string of the molecule is O=C(Nc1cc(Cl)ccc1Cl)n1ccnc1. The molecule has 0 fully saturated rings. The Hall–Kier alpha value is -1.52. The summed E-state index contributed by atoms with van der Waals surface area (Å²) >= 11 is 11.7. The Bertz CT molecular complexity index is 511. The summed E-state index contributed by atoms with van der Waals surface area (Å²) in [4.78, 5) is 15.4. The number of anilines is 1. The minimum absolute atomic E-state index is 0.346. The zero-order valence-corrected chi connectivity index (χ0v) is 9.53. The third-order valence-electron chi connectivity index (χ3n) is 1.91. The number of benzene rings is 1. The molecule has 1 aromatic carbocycles. The van der Waals surface area contributed by atoms with Crippen molar-refractivity contribution >= 4 is 34.9 Å². The zero-order valence-electron chi connectivity index (χ0n) is 8.02. The molecule has 0 unspecified atom stereocenters. The molecule has 16 heavy (non-hydrogen) atoms. The molecule has 0 atom stereocenters. The van der Waals surface area contributed by atoms with Gasteiger partial charge in [0.1, 0.15) is 6.33 Å². The molecule has 0 aliphatic heterocycles. The number of imidazole rings is 1. The van der Waals surface area contributed by atoms with E-state index in [0.29, 0.717) is 15.7 Å². The van der Waals surface area contributed by atoms with Gasteiger partial charge in [0.25, 0.3) is 0 Å². The minimum Gasteiger partial charge on any atom is -0.306 e. The van der Waals surface area contributed by atoms with Crippen LogP contribution in [0.3, 0.4) is 0 Å². The first kappa shape index (κ1) is 11.0. The Morgan fingerprint density at radius 3 is 2.88 bits per heavy atom. The molecule has 0 saturated carbocycles. The number of carbonyl (C=O) groups is 1. The quantitative estimate of drug-likeness (QED) is 0.851. The van der Waals surface area contributed by atoms with E-state index in [4.69, 9.17) is 23.2 Å². The van der Waals surface area contributed by atoms with Gasteiger partial charge in [-0.3, -0.25) is 4.57 Å². The van der Waals surface area contributed by atoms with Crippen molar-refractivity contribution < 1.29 is 4.79 Å². The van der Waals surface area contributed by atoms with Gasteiger partial charge in [-0.15, -0.1) is 0 Å². The third-order valence-corrected chi connectivity index (χ3v) is 2.47. The Morgan fingerprint density at radius 2 is 2.19 bits per heavy atom. The summed E-state index contributed by atoms with van der Waals surface area (Å²) in [6.45, 7) is 0. The number of rotatable bonds is 1. The van der Waals surface area contributed by atoms with Crippen LogP contribution in [0.1, 0.15) is 0 Å². The van der Waals surface area contributed by atoms with Gasteiger partial charge < -0.3 is 5.32 Å². The van der Waals surface area contributed by atoms with E-state index in [2.05, 4.69) is 10.3 Å². The van der Waals surface area contributed by atoms with Crippen LogP contribution in [0.5, 0.6) is 0 Å². The topological polar surface area (TPSA) is 46.9 Å². The Labute approximate surface area is 102 Å². The van der Waals surface area contributed by atoms with E-state index in [1.165, 1.54) is 23.3 Å². The first-order valence-electron chi connectivity index (χ1n) is 4.41. The highest BCUT2D eigenvalue weighted by Gasteiger charge is 2.07. The maximum Gasteiger partial charge on any atom is 0.331 e. The summed E-state index contributed by atoms with van der Waals surface area (Å²) in [5.74, 6) is 0. The highest BCUT2D eigenvalue weighted by atomic mass is 35.5. The fourth-order valence-corrected chi connectivity index (χ4v) is 1.49. The van der Waals surface area contributed by atoms with E-state index in [1.54, 1.807) is 18.2 Å². The number of amides is 1. The predicted molar refractivity (Wildman–Crippen MR) is 63.1 cm³/mol. The van der Waals surface area contributed by atoms with Crippen LogP contribution >= 0.6 is 23.2 Å². The van der Waals surface area contributed by atoms with Gasteiger partial charge in [-0.2, -0.15) is 0 Å². The first-order chi connectivity index (χ1) is 7.66. The molecule has 1 heterocycles. The molecule has 1 aromatic heterocycles. The van der Waals surface area contributed by atoms with Crippen LogP contribution in [-0.4, -0.2) is 15.6 Å². The Balaban J connectivity index is 2.21. The molecule has 4 nitrogen and oxygen atoms in total. The van der Waals surface area contributed by atoms with Crippen LogP contribution in [0.2, 0.25) is 10.0 Å². The van der Waals surface area contributed by atoms with Gasteiger partial charge in [-0.25, -0.2) is 9.78 Å². The number of nitrogens with one attached hydrogen (secondary N) is 1. The number of nitrogens with zero attached hydrogens (tertiary/aromatic N) is 2. The molecular weight excluding hydrogens is 249 g/mol. The smallest absolute Gasteiger partial charge is 0.306 e. The molecule has 1 amide bonds. The predicted octanol–water partition coefficient (Wildman–Crippen LogP) is 3.27. The van der Waals surface area contributed by atoms with Crippen molar-refractivity contribution in [2.75, 3.05) is 5.32 Å². The summed E-state index contributed by atoms with van der Waals surface area (Å²) < 4.78 is 1.30. The molecule has 0 spiro atoms. The van der Waals surface area contributed by atoms with Gasteiger partial charge in [0.05, 0.1) is 10.7 Å². The van der Waals surface area contributed by atoms with E-state index in [1.807, 2.05) is 0 Å². The van der Waals surface area contributed by atoms with Crippen LogP contribution in [0.4, 0.5) is 10.5 Å². The first-order valence-corrected chi connectivity index (χ1v) is 5.17. The molecular formula is C10H7Cl2N3O. The lowest BCUT2D eigenvalue weighted by Gasteiger charge is -2.07. The van der Waals surface area contributed by atoms with Gasteiger partial charge in [0, 0.05) is 17.4 Å². The molecule has 0 aliphatic carbocycles. The normalized spacial score (nSPS) is 10.1. The number of hydrogen-bond donors (Lipinski definition) is 1. The van der Waals surface area contributed by atoms with Crippen molar-refractivity contribution in [3.05, 3.63) is 47.0 Å². The highest BCUT2D eigenvalue weighted by Crippen LogP contribution is 2.25. The molecule has 82 valence electrons. The van der Waals surface area contributed by atoms with E-state index < -0.39 is 0 Å². The molecule has 2 aromatic rings. The maximum atomic E-state index is 11.6. The summed E-state index contributed by atoms with van der Waals surface area (Å²) in [6.07, 6.45) is 4.45. The van der Waals surface area contributed by atoms with Gasteiger partial charge in [-0.05, 0) is 18.2 Å². The standard InChI is InChI=1S/C10H7Cl2N3O/c11-7-1-2-8(12)9(5-7)14-10(16)15-4-3-13-6-15/h1-6H,(H,14,16). The van der Waals surface area contributed by atoms with Crippen LogP contribution in [0.25, 0.3) is 0 Å². The molecule has 0 radical (unpaired) electrons. The highest BCUT2D eigenvalue weighted by molar-refractivity contribution is 6.35. The Kier molecular flexibility index (Phi) is 3.12. The number of aromatic nitrogens is 2. The van der Waals surface area contributed by atoms with Crippen molar-refractivity contribution in [3.8, 4) is 0 Å². The average Bonchev–Trinajstić information content (AvgIpc) is 2.76. The van der Waals surface area contributed by atoms with E-state index in [0.717, 1.165) is 0 Å². The molecule has 0 saturated heterocycles. The lowest BCUT2D eigenvalue weighted by molar-refractivity contribution is 0.253. The molecule has 2 rings (SSSR count). The van der Waals surface area contributed by atoms with Crippen molar-refractivity contribution in [2.24, 2.45) is 0 Å². The fraction of sp³-hybridized carbons (Fsp3) is 0. The monoisotopic (exact) mass is 255 g/mol. The average molecular weight is 256 g/mol. The molecule has 0 aliphatic rings. The molecule has 1 N–H and O–H groups in total. The van der Waals surface area contributed by atoms with Crippen molar-refractivity contribution in [3.63, 3.8) is 0 Å². The summed E-state index contributed by atoms with van der Waals surface area (Å²) in [5.41, 5.74) is 0.466. The van der Waals surface area contributed by atoms with E-state index in [-0.39, 0.29) is 6.03 Å². The summed E-state index contributed by atoms with van der Waals surface area (Å²) in [7, 11) is 0. The second kappa shape index (κ2) is 4.55. The van der Waals surface area contributed by atoms with Crippen molar-refractivity contribution in [1.82, 2.24) is 9.55 Å². The lowest BCUT2D eigenvalue weighted by atomic mass is 10.3. The zero-order chi connectivity index (χ0) is 11.5. The lowest BCUT2D eigenvalue weighted by Crippen LogP contribution is -2.17. The second-order valence-electron chi connectivity index (χ2n) is 3.02. The summed E-state index contributed by atoms with van der Waals surface area (Å²) in [5, 5.41) is 3.55. The largest absolute Gasteiger partial charge is 0.331 e. The number of carbonyl (C=O) groups excluding carboxylic acids is 1. The van der Waals surface area contributed by atoms with Gasteiger partial charge >= 0.3 is 6.03 Å². The van der Waals surface area contributed by atoms with Crippen LogP contribution in [0, 0.1) is 0 Å². The fourth-order valence-electron chi connectivity index (χ4n) is 1.15. The van der Waals surface area contributed by atoms with Gasteiger partial charge in [0.15, 0.2) is 0 Å².